The van der Waals surface area contributed by atoms with E-state index in [4.69, 9.17) is 14.7 Å². The molecule has 0 amide bonds. The maximum atomic E-state index is 5.44. The van der Waals surface area contributed by atoms with Crippen LogP contribution in [0.25, 0.3) is 10.3 Å². The van der Waals surface area contributed by atoms with Crippen LogP contribution in [0.15, 0.2) is 48.7 Å². The maximum Gasteiger partial charge on any atom is 0.190 e. The number of anilines is 4. The van der Waals surface area contributed by atoms with Crippen LogP contribution < -0.4 is 10.6 Å². The summed E-state index contributed by atoms with van der Waals surface area (Å²) in [6, 6.07) is 14.5. The molecule has 7 nitrogen and oxygen atoms in total. The zero-order chi connectivity index (χ0) is 22.6. The van der Waals surface area contributed by atoms with Crippen molar-refractivity contribution in [2.45, 2.75) is 20.3 Å². The van der Waals surface area contributed by atoms with Crippen LogP contribution in [0.1, 0.15) is 16.7 Å². The van der Waals surface area contributed by atoms with Crippen LogP contribution >= 0.6 is 11.3 Å². The first-order valence-corrected chi connectivity index (χ1v) is 12.1. The molecule has 1 aromatic carbocycles. The molecule has 1 saturated heterocycles. The molecule has 1 aliphatic rings. The van der Waals surface area contributed by atoms with Crippen LogP contribution in [-0.4, -0.2) is 52.7 Å². The van der Waals surface area contributed by atoms with Gasteiger partial charge in [0.25, 0.3) is 0 Å². The van der Waals surface area contributed by atoms with Crippen molar-refractivity contribution in [1.29, 1.82) is 0 Å². The van der Waals surface area contributed by atoms with Gasteiger partial charge in [-0.05, 0) is 61.7 Å². The molecule has 8 heteroatoms. The first-order valence-electron chi connectivity index (χ1n) is 11.3. The van der Waals surface area contributed by atoms with Crippen molar-refractivity contribution in [1.82, 2.24) is 19.9 Å². The fourth-order valence-corrected chi connectivity index (χ4v) is 4.80. The normalized spacial score (nSPS) is 14.5. The number of ether oxygens (including phenoxy) is 1. The van der Waals surface area contributed by atoms with E-state index in [1.807, 2.05) is 12.3 Å². The highest BCUT2D eigenvalue weighted by Crippen LogP contribution is 2.31. The Morgan fingerprint density at radius 3 is 2.61 bits per heavy atom. The molecule has 0 radical (unpaired) electrons. The Balaban J connectivity index is 1.29. The van der Waals surface area contributed by atoms with Crippen molar-refractivity contribution in [2.75, 3.05) is 43.5 Å². The molecule has 0 aliphatic carbocycles. The largest absolute Gasteiger partial charge is 0.379 e. The summed E-state index contributed by atoms with van der Waals surface area (Å²) in [6.07, 6.45) is 2.85. The molecule has 2 N–H and O–H groups in total. The Morgan fingerprint density at radius 2 is 1.79 bits per heavy atom. The molecule has 0 unspecified atom stereocenters. The lowest BCUT2D eigenvalue weighted by Crippen LogP contribution is -2.37. The second-order valence-corrected chi connectivity index (χ2v) is 9.34. The zero-order valence-electron chi connectivity index (χ0n) is 19.0. The van der Waals surface area contributed by atoms with E-state index in [0.29, 0.717) is 0 Å². The third-order valence-electron chi connectivity index (χ3n) is 5.76. The van der Waals surface area contributed by atoms with Crippen LogP contribution in [0.3, 0.4) is 0 Å². The second kappa shape index (κ2) is 9.82. The lowest BCUT2D eigenvalue weighted by Gasteiger charge is -2.26. The van der Waals surface area contributed by atoms with E-state index in [-0.39, 0.29) is 0 Å². The highest BCUT2D eigenvalue weighted by Gasteiger charge is 2.12. The molecule has 170 valence electrons. The summed E-state index contributed by atoms with van der Waals surface area (Å²) in [5, 5.41) is 7.57. The molecule has 3 aromatic heterocycles. The van der Waals surface area contributed by atoms with Gasteiger partial charge in [-0.2, -0.15) is 0 Å². The van der Waals surface area contributed by atoms with Crippen molar-refractivity contribution < 1.29 is 4.74 Å². The predicted octanol–water partition coefficient (Wildman–Crippen LogP) is 5.07. The number of hydrogen-bond acceptors (Lipinski definition) is 8. The van der Waals surface area contributed by atoms with Crippen LogP contribution in [0.2, 0.25) is 0 Å². The van der Waals surface area contributed by atoms with Gasteiger partial charge in [-0.25, -0.2) is 15.0 Å². The summed E-state index contributed by atoms with van der Waals surface area (Å²) in [7, 11) is 0. The third-order valence-corrected chi connectivity index (χ3v) is 6.63. The molecular weight excluding hydrogens is 432 g/mol. The Labute approximate surface area is 197 Å². The lowest BCUT2D eigenvalue weighted by atomic mass is 10.2. The summed E-state index contributed by atoms with van der Waals surface area (Å²) in [5.41, 5.74) is 5.52. The monoisotopic (exact) mass is 460 g/mol. The first kappa shape index (κ1) is 21.8. The molecule has 4 aromatic rings. The zero-order valence-corrected chi connectivity index (χ0v) is 19.8. The molecular formula is C25H28N6OS. The standard InChI is InChI=1S/C25H28N6OS/c1-17-3-5-20(6-4-17)27-22-15-18(2)23-24(28-22)33-25(30-23)29-21-16-19(7-9-26-21)8-10-31-11-13-32-14-12-31/h3-7,9,15-16H,8,10-14H2,1-2H3,(H,27,28)(H,26,29,30). The number of thiazole rings is 1. The van der Waals surface area contributed by atoms with Gasteiger partial charge in [0.1, 0.15) is 22.0 Å². The smallest absolute Gasteiger partial charge is 0.190 e. The maximum absolute atomic E-state index is 5.44. The molecule has 1 aliphatic heterocycles. The summed E-state index contributed by atoms with van der Waals surface area (Å²) in [5.74, 6) is 1.63. The van der Waals surface area contributed by atoms with Gasteiger partial charge in [0.15, 0.2) is 5.13 Å². The van der Waals surface area contributed by atoms with Crippen LogP contribution in [0, 0.1) is 13.8 Å². The van der Waals surface area contributed by atoms with Crippen LogP contribution in [0.5, 0.6) is 0 Å². The lowest BCUT2D eigenvalue weighted by molar-refractivity contribution is 0.0384. The number of hydrogen-bond donors (Lipinski definition) is 2. The van der Waals surface area contributed by atoms with Crippen molar-refractivity contribution in [2.24, 2.45) is 0 Å². The Hall–Kier alpha value is -3.07. The number of rotatable bonds is 7. The topological polar surface area (TPSA) is 75.2 Å². The molecule has 5 rings (SSSR count). The van der Waals surface area contributed by atoms with Crippen molar-refractivity contribution in [3.63, 3.8) is 0 Å². The highest BCUT2D eigenvalue weighted by molar-refractivity contribution is 7.21. The fourth-order valence-electron chi connectivity index (χ4n) is 3.88. The summed E-state index contributed by atoms with van der Waals surface area (Å²) >= 11 is 1.54. The number of benzene rings is 1. The van der Waals surface area contributed by atoms with Gasteiger partial charge in [-0.3, -0.25) is 4.90 Å². The van der Waals surface area contributed by atoms with Crippen LogP contribution in [0.4, 0.5) is 22.5 Å². The van der Waals surface area contributed by atoms with Gasteiger partial charge < -0.3 is 15.4 Å². The average Bonchev–Trinajstić information content (AvgIpc) is 3.23. The van der Waals surface area contributed by atoms with Crippen molar-refractivity contribution >= 4 is 44.1 Å². The number of fused-ring (bicyclic) bond motifs is 1. The minimum atomic E-state index is 0.797. The van der Waals surface area contributed by atoms with Gasteiger partial charge in [0.05, 0.1) is 13.2 Å². The van der Waals surface area contributed by atoms with Crippen molar-refractivity contribution in [3.05, 3.63) is 65.4 Å². The van der Waals surface area contributed by atoms with Gasteiger partial charge in [-0.1, -0.05) is 29.0 Å². The van der Waals surface area contributed by atoms with E-state index >= 15 is 0 Å². The van der Waals surface area contributed by atoms with Gasteiger partial charge in [0.2, 0.25) is 0 Å². The molecule has 0 saturated carbocycles. The Bertz CT molecular complexity index is 1230. The van der Waals surface area contributed by atoms with E-state index in [9.17, 15) is 0 Å². The van der Waals surface area contributed by atoms with E-state index in [2.05, 4.69) is 70.8 Å². The molecule has 0 atom stereocenters. The predicted molar refractivity (Wildman–Crippen MR) is 135 cm³/mol. The van der Waals surface area contributed by atoms with Gasteiger partial charge in [0, 0.05) is 31.5 Å². The first-order chi connectivity index (χ1) is 16.1. The molecule has 0 spiro atoms. The number of pyridine rings is 2. The second-order valence-electron chi connectivity index (χ2n) is 8.37. The highest BCUT2D eigenvalue weighted by atomic mass is 32.1. The summed E-state index contributed by atoms with van der Waals surface area (Å²) in [4.78, 5) is 17.4. The fraction of sp³-hybridized carbons (Fsp3) is 0.320. The van der Waals surface area contributed by atoms with Gasteiger partial charge in [-0.15, -0.1) is 0 Å². The van der Waals surface area contributed by atoms with Crippen LogP contribution in [-0.2, 0) is 11.2 Å². The molecule has 33 heavy (non-hydrogen) atoms. The Morgan fingerprint density at radius 1 is 0.970 bits per heavy atom. The average molecular weight is 461 g/mol. The quantitative estimate of drug-likeness (QED) is 0.399. The number of nitrogens with one attached hydrogen (secondary N) is 2. The van der Waals surface area contributed by atoms with E-state index in [0.717, 1.165) is 77.6 Å². The molecule has 4 heterocycles. The summed E-state index contributed by atoms with van der Waals surface area (Å²) < 4.78 is 5.44. The number of aryl methyl sites for hydroxylation is 2. The minimum absolute atomic E-state index is 0.797. The third kappa shape index (κ3) is 5.47. The Kier molecular flexibility index (Phi) is 6.48. The SMILES string of the molecule is Cc1ccc(Nc2cc(C)c3nc(Nc4cc(CCN5CCOCC5)ccn4)sc3n2)cc1. The van der Waals surface area contributed by atoms with E-state index in [1.165, 1.54) is 22.5 Å². The minimum Gasteiger partial charge on any atom is -0.379 e. The van der Waals surface area contributed by atoms with E-state index < -0.39 is 0 Å². The summed E-state index contributed by atoms with van der Waals surface area (Å²) in [6.45, 7) is 8.86. The molecule has 1 fully saturated rings. The van der Waals surface area contributed by atoms with Gasteiger partial charge >= 0.3 is 0 Å². The van der Waals surface area contributed by atoms with E-state index in [1.54, 1.807) is 0 Å². The molecule has 0 bridgehead atoms. The van der Waals surface area contributed by atoms with Crippen molar-refractivity contribution in [3.8, 4) is 0 Å². The number of aromatic nitrogens is 3. The number of nitrogens with zero attached hydrogens (tertiary/aromatic N) is 4. The number of morpholine rings is 1.